The van der Waals surface area contributed by atoms with E-state index in [1.807, 2.05) is 23.6 Å². The van der Waals surface area contributed by atoms with Gasteiger partial charge in [0.25, 0.3) is 17.3 Å². The predicted molar refractivity (Wildman–Crippen MR) is 79.1 cm³/mol. The van der Waals surface area contributed by atoms with Crippen LogP contribution in [0, 0.1) is 0 Å². The maximum absolute atomic E-state index is 12.2. The number of hydrogen-bond donors (Lipinski definition) is 2. The molecule has 0 saturated heterocycles. The Labute approximate surface area is 123 Å². The minimum Gasteiger partial charge on any atom is -0.415 e. The van der Waals surface area contributed by atoms with Gasteiger partial charge in [-0.3, -0.25) is 4.79 Å². The van der Waals surface area contributed by atoms with Gasteiger partial charge in [-0.25, -0.2) is 0 Å². The molecule has 106 valence electrons. The average Bonchev–Trinajstić information content (AvgIpc) is 3.17. The van der Waals surface area contributed by atoms with Crippen LogP contribution in [0.1, 0.15) is 11.3 Å². The molecule has 2 N–H and O–H groups in total. The first kappa shape index (κ1) is 12.5. The van der Waals surface area contributed by atoms with E-state index in [1.54, 1.807) is 0 Å². The van der Waals surface area contributed by atoms with Crippen molar-refractivity contribution in [2.75, 3.05) is 6.54 Å². The van der Waals surface area contributed by atoms with Crippen LogP contribution < -0.4 is 10.9 Å². The van der Waals surface area contributed by atoms with Gasteiger partial charge >= 0.3 is 0 Å². The van der Waals surface area contributed by atoms with Gasteiger partial charge in [0.15, 0.2) is 0 Å². The van der Waals surface area contributed by atoms with Crippen LogP contribution in [0.5, 0.6) is 0 Å². The van der Waals surface area contributed by atoms with E-state index in [4.69, 9.17) is 4.42 Å². The van der Waals surface area contributed by atoms with Gasteiger partial charge in [-0.05, 0) is 23.1 Å². The van der Waals surface area contributed by atoms with Crippen molar-refractivity contribution >= 4 is 11.3 Å². The van der Waals surface area contributed by atoms with Crippen molar-refractivity contribution in [2.45, 2.75) is 13.0 Å². The standard InChI is InChI=1S/C14H12N4O2S/c19-12-9(6-8-7-15-4-3-10(8)16-12)13-17-18-14(20-13)11-2-1-5-21-11/h1-2,5-6,15H,3-4,7H2,(H,16,19). The lowest BCUT2D eigenvalue weighted by molar-refractivity contribution is 0.583. The Morgan fingerprint density at radius 2 is 2.19 bits per heavy atom. The molecule has 0 amide bonds. The molecule has 0 atom stereocenters. The summed E-state index contributed by atoms with van der Waals surface area (Å²) in [6.45, 7) is 1.62. The van der Waals surface area contributed by atoms with E-state index in [1.165, 1.54) is 11.3 Å². The van der Waals surface area contributed by atoms with E-state index in [0.717, 1.165) is 35.6 Å². The molecule has 0 fully saturated rings. The lowest BCUT2D eigenvalue weighted by atomic mass is 10.1. The highest BCUT2D eigenvalue weighted by Gasteiger charge is 2.18. The lowest BCUT2D eigenvalue weighted by Crippen LogP contribution is -2.27. The summed E-state index contributed by atoms with van der Waals surface area (Å²) in [5.74, 6) is 0.697. The Hall–Kier alpha value is -2.25. The van der Waals surface area contributed by atoms with E-state index in [0.29, 0.717) is 11.5 Å². The minimum atomic E-state index is -0.183. The first-order valence-corrected chi connectivity index (χ1v) is 7.53. The Bertz CT molecular complexity index is 835. The molecule has 0 aromatic carbocycles. The van der Waals surface area contributed by atoms with Crippen LogP contribution in [0.3, 0.4) is 0 Å². The first-order chi connectivity index (χ1) is 10.3. The molecule has 21 heavy (non-hydrogen) atoms. The summed E-state index contributed by atoms with van der Waals surface area (Å²) in [5.41, 5.74) is 2.30. The SMILES string of the molecule is O=c1[nH]c2c(cc1-c1nnc(-c3cccs3)o1)CNCC2. The summed E-state index contributed by atoms with van der Waals surface area (Å²) in [7, 11) is 0. The normalized spacial score (nSPS) is 14.1. The van der Waals surface area contributed by atoms with E-state index < -0.39 is 0 Å². The zero-order chi connectivity index (χ0) is 14.2. The van der Waals surface area contributed by atoms with Gasteiger partial charge in [0, 0.05) is 25.2 Å². The lowest BCUT2D eigenvalue weighted by Gasteiger charge is -2.16. The molecule has 3 aromatic rings. The van der Waals surface area contributed by atoms with Crippen LogP contribution in [0.25, 0.3) is 22.2 Å². The fourth-order valence-electron chi connectivity index (χ4n) is 2.42. The fraction of sp³-hybridized carbons (Fsp3) is 0.214. The molecule has 0 unspecified atom stereocenters. The average molecular weight is 300 g/mol. The second kappa shape index (κ2) is 4.94. The molecular formula is C14H12N4O2S. The summed E-state index contributed by atoms with van der Waals surface area (Å²) in [6, 6.07) is 5.66. The number of nitrogens with zero attached hydrogens (tertiary/aromatic N) is 2. The molecule has 4 heterocycles. The van der Waals surface area contributed by atoms with E-state index in [2.05, 4.69) is 20.5 Å². The van der Waals surface area contributed by atoms with Gasteiger partial charge in [0.05, 0.1) is 4.88 Å². The van der Waals surface area contributed by atoms with Crippen molar-refractivity contribution < 1.29 is 4.42 Å². The maximum Gasteiger partial charge on any atom is 0.260 e. The third-order valence-corrected chi connectivity index (χ3v) is 4.33. The topological polar surface area (TPSA) is 83.8 Å². The van der Waals surface area contributed by atoms with Crippen molar-refractivity contribution in [3.05, 3.63) is 45.2 Å². The molecular weight excluding hydrogens is 288 g/mol. The molecule has 4 rings (SSSR count). The molecule has 6 nitrogen and oxygen atoms in total. The van der Waals surface area contributed by atoms with Crippen molar-refractivity contribution in [3.8, 4) is 22.2 Å². The zero-order valence-corrected chi connectivity index (χ0v) is 11.9. The fourth-order valence-corrected chi connectivity index (χ4v) is 3.06. The second-order valence-corrected chi connectivity index (χ2v) is 5.78. The van der Waals surface area contributed by atoms with Crippen LogP contribution in [0.15, 0.2) is 32.8 Å². The molecule has 3 aromatic heterocycles. The third kappa shape index (κ3) is 2.20. The summed E-state index contributed by atoms with van der Waals surface area (Å²) < 4.78 is 5.63. The van der Waals surface area contributed by atoms with Crippen molar-refractivity contribution in [1.29, 1.82) is 0 Å². The van der Waals surface area contributed by atoms with Crippen molar-refractivity contribution in [3.63, 3.8) is 0 Å². The Morgan fingerprint density at radius 3 is 3.05 bits per heavy atom. The predicted octanol–water partition coefficient (Wildman–Crippen LogP) is 1.80. The van der Waals surface area contributed by atoms with Crippen LogP contribution in [0.2, 0.25) is 0 Å². The molecule has 0 saturated carbocycles. The van der Waals surface area contributed by atoms with Crippen LogP contribution >= 0.6 is 11.3 Å². The molecule has 1 aliphatic rings. The third-order valence-electron chi connectivity index (χ3n) is 3.47. The number of nitrogens with one attached hydrogen (secondary N) is 2. The van der Waals surface area contributed by atoms with Crippen molar-refractivity contribution in [1.82, 2.24) is 20.5 Å². The van der Waals surface area contributed by atoms with Crippen LogP contribution in [0.4, 0.5) is 0 Å². The number of hydrogen-bond acceptors (Lipinski definition) is 6. The van der Waals surface area contributed by atoms with Gasteiger partial charge in [-0.1, -0.05) is 6.07 Å². The highest BCUT2D eigenvalue weighted by molar-refractivity contribution is 7.13. The molecule has 0 spiro atoms. The quantitative estimate of drug-likeness (QED) is 0.754. The van der Waals surface area contributed by atoms with E-state index in [9.17, 15) is 4.79 Å². The van der Waals surface area contributed by atoms with Crippen LogP contribution in [-0.4, -0.2) is 21.7 Å². The smallest absolute Gasteiger partial charge is 0.260 e. The summed E-state index contributed by atoms with van der Waals surface area (Å²) in [5, 5.41) is 13.2. The molecule has 0 radical (unpaired) electrons. The number of pyridine rings is 1. The largest absolute Gasteiger partial charge is 0.415 e. The highest BCUT2D eigenvalue weighted by atomic mass is 32.1. The van der Waals surface area contributed by atoms with Gasteiger partial charge < -0.3 is 14.7 Å². The van der Waals surface area contributed by atoms with Crippen LogP contribution in [-0.2, 0) is 13.0 Å². The van der Waals surface area contributed by atoms with Crippen molar-refractivity contribution in [2.24, 2.45) is 0 Å². The monoisotopic (exact) mass is 300 g/mol. The summed E-state index contributed by atoms with van der Waals surface area (Å²) >= 11 is 1.52. The summed E-state index contributed by atoms with van der Waals surface area (Å²) in [4.78, 5) is 16.0. The Kier molecular flexibility index (Phi) is 2.94. The van der Waals surface area contributed by atoms with Gasteiger partial charge in [-0.15, -0.1) is 21.5 Å². The first-order valence-electron chi connectivity index (χ1n) is 6.65. The number of fused-ring (bicyclic) bond motifs is 1. The molecule has 1 aliphatic heterocycles. The number of aromatic nitrogens is 3. The Balaban J connectivity index is 1.78. The summed E-state index contributed by atoms with van der Waals surface area (Å²) in [6.07, 6.45) is 0.829. The maximum atomic E-state index is 12.2. The number of rotatable bonds is 2. The minimum absolute atomic E-state index is 0.183. The highest BCUT2D eigenvalue weighted by Crippen LogP contribution is 2.26. The van der Waals surface area contributed by atoms with E-state index in [-0.39, 0.29) is 11.4 Å². The number of aromatic amines is 1. The molecule has 0 aliphatic carbocycles. The number of thiophene rings is 1. The van der Waals surface area contributed by atoms with Gasteiger partial charge in [0.1, 0.15) is 5.56 Å². The molecule has 7 heteroatoms. The van der Waals surface area contributed by atoms with E-state index >= 15 is 0 Å². The second-order valence-electron chi connectivity index (χ2n) is 4.83. The number of H-pyrrole nitrogens is 1. The molecule has 0 bridgehead atoms. The van der Waals surface area contributed by atoms with Gasteiger partial charge in [-0.2, -0.15) is 0 Å². The Morgan fingerprint density at radius 1 is 1.29 bits per heavy atom. The zero-order valence-electron chi connectivity index (χ0n) is 11.0. The van der Waals surface area contributed by atoms with Gasteiger partial charge in [0.2, 0.25) is 0 Å².